The van der Waals surface area contributed by atoms with Crippen LogP contribution in [0.15, 0.2) is 23.1 Å². The highest BCUT2D eigenvalue weighted by Crippen LogP contribution is 2.30. The molecule has 0 spiro atoms. The second-order valence-corrected chi connectivity index (χ2v) is 8.48. The molecule has 0 aromatic heterocycles. The number of carbonyl (C=O) groups is 1. The van der Waals surface area contributed by atoms with Crippen LogP contribution in [0.3, 0.4) is 0 Å². The van der Waals surface area contributed by atoms with Gasteiger partial charge in [0.05, 0.1) is 4.90 Å². The lowest BCUT2D eigenvalue weighted by atomic mass is 9.96. The average Bonchev–Trinajstić information content (AvgIpc) is 2.55. The number of hydrogen-bond donors (Lipinski definition) is 2. The molecule has 140 valence electrons. The number of nitrogens with zero attached hydrogens (tertiary/aromatic N) is 1. The number of fused-ring (bicyclic) bond motifs is 1. The molecule has 1 aromatic carbocycles. The smallest absolute Gasteiger partial charge is 0.240 e. The van der Waals surface area contributed by atoms with E-state index in [0.717, 1.165) is 37.1 Å². The first-order valence-corrected chi connectivity index (χ1v) is 10.0. The maximum absolute atomic E-state index is 12.8. The van der Waals surface area contributed by atoms with Crippen LogP contribution in [0, 0.1) is 5.92 Å². The summed E-state index contributed by atoms with van der Waals surface area (Å²) in [6.07, 6.45) is 2.73. The first-order valence-electron chi connectivity index (χ1n) is 8.52. The van der Waals surface area contributed by atoms with Crippen molar-refractivity contribution in [3.8, 4) is 0 Å². The molecule has 2 atom stereocenters. The number of amides is 1. The molecule has 2 unspecified atom stereocenters. The lowest BCUT2D eigenvalue weighted by Crippen LogP contribution is -2.50. The fourth-order valence-electron chi connectivity index (χ4n) is 3.46. The summed E-state index contributed by atoms with van der Waals surface area (Å²) < 4.78 is 28.4. The number of carbonyl (C=O) groups excluding carboxylic acids is 1. The van der Waals surface area contributed by atoms with Crippen LogP contribution < -0.4 is 14.9 Å². The van der Waals surface area contributed by atoms with Crippen LogP contribution in [-0.2, 0) is 21.2 Å². The van der Waals surface area contributed by atoms with Crippen molar-refractivity contribution >= 4 is 34.0 Å². The molecule has 2 N–H and O–H groups in total. The van der Waals surface area contributed by atoms with Crippen molar-refractivity contribution in [1.29, 1.82) is 0 Å². The van der Waals surface area contributed by atoms with Crippen molar-refractivity contribution in [3.63, 3.8) is 0 Å². The molecule has 0 saturated carbocycles. The van der Waals surface area contributed by atoms with Crippen molar-refractivity contribution in [2.45, 2.75) is 44.0 Å². The topological polar surface area (TPSA) is 78.5 Å². The van der Waals surface area contributed by atoms with Gasteiger partial charge in [-0.1, -0.05) is 13.0 Å². The molecule has 3 rings (SSSR count). The maximum atomic E-state index is 12.8. The van der Waals surface area contributed by atoms with Gasteiger partial charge in [0.15, 0.2) is 0 Å². The lowest BCUT2D eigenvalue weighted by Gasteiger charge is -2.31. The minimum Gasteiger partial charge on any atom is -0.315 e. The normalized spacial score (nSPS) is 23.5. The molecule has 2 aliphatic rings. The fraction of sp³-hybridized carbons (Fsp3) is 0.588. The van der Waals surface area contributed by atoms with Crippen molar-refractivity contribution in [3.05, 3.63) is 23.8 Å². The third-order valence-electron chi connectivity index (χ3n) is 5.00. The molecule has 0 aliphatic carbocycles. The van der Waals surface area contributed by atoms with Gasteiger partial charge >= 0.3 is 0 Å². The van der Waals surface area contributed by atoms with Crippen LogP contribution >= 0.6 is 12.4 Å². The van der Waals surface area contributed by atoms with Gasteiger partial charge < -0.3 is 10.2 Å². The zero-order valence-corrected chi connectivity index (χ0v) is 16.3. The van der Waals surface area contributed by atoms with Gasteiger partial charge in [-0.15, -0.1) is 12.4 Å². The minimum absolute atomic E-state index is 0. The van der Waals surface area contributed by atoms with E-state index in [1.165, 1.54) is 6.92 Å². The molecule has 1 saturated heterocycles. The Morgan fingerprint density at radius 1 is 1.36 bits per heavy atom. The summed E-state index contributed by atoms with van der Waals surface area (Å²) in [6.45, 7) is 5.79. The van der Waals surface area contributed by atoms with E-state index in [1.54, 1.807) is 17.0 Å². The van der Waals surface area contributed by atoms with Crippen molar-refractivity contribution in [1.82, 2.24) is 10.0 Å². The Labute approximate surface area is 155 Å². The Morgan fingerprint density at radius 3 is 2.80 bits per heavy atom. The van der Waals surface area contributed by atoms with Crippen LogP contribution in [-0.4, -0.2) is 40.0 Å². The first kappa shape index (κ1) is 20.2. The number of rotatable bonds is 3. The van der Waals surface area contributed by atoms with Crippen molar-refractivity contribution in [2.75, 3.05) is 24.5 Å². The Morgan fingerprint density at radius 2 is 2.12 bits per heavy atom. The SMILES string of the molecule is CC(=O)N1CCCc2ccc(S(=O)(=O)NC3CNCCC3C)cc21.Cl. The zero-order chi connectivity index (χ0) is 17.3. The van der Waals surface area contributed by atoms with Crippen LogP contribution in [0.4, 0.5) is 5.69 Å². The second kappa shape index (κ2) is 8.03. The summed E-state index contributed by atoms with van der Waals surface area (Å²) >= 11 is 0. The summed E-state index contributed by atoms with van der Waals surface area (Å²) in [5.74, 6) is 0.246. The first-order chi connectivity index (χ1) is 11.4. The number of sulfonamides is 1. The zero-order valence-electron chi connectivity index (χ0n) is 14.6. The van der Waals surface area contributed by atoms with Crippen LogP contribution in [0.1, 0.15) is 32.3 Å². The van der Waals surface area contributed by atoms with E-state index in [0.29, 0.717) is 19.0 Å². The minimum atomic E-state index is -3.60. The van der Waals surface area contributed by atoms with E-state index in [9.17, 15) is 13.2 Å². The van der Waals surface area contributed by atoms with Gasteiger partial charge in [0.2, 0.25) is 15.9 Å². The molecule has 8 heteroatoms. The molecule has 6 nitrogen and oxygen atoms in total. The Kier molecular flexibility index (Phi) is 6.48. The van der Waals surface area contributed by atoms with Gasteiger partial charge in [0.1, 0.15) is 0 Å². The average molecular weight is 388 g/mol. The summed E-state index contributed by atoms with van der Waals surface area (Å²) in [5, 5.41) is 3.23. The van der Waals surface area contributed by atoms with Crippen LogP contribution in [0.5, 0.6) is 0 Å². The Bertz CT molecular complexity index is 739. The molecule has 0 bridgehead atoms. The van der Waals surface area contributed by atoms with Gasteiger partial charge in [-0.3, -0.25) is 4.79 Å². The standard InChI is InChI=1S/C17H25N3O3S.ClH/c1-12-7-8-18-11-16(12)19-24(22,23)15-6-5-14-4-3-9-20(13(2)21)17(14)10-15;/h5-6,10,12,16,18-19H,3-4,7-9,11H2,1-2H3;1H. The van der Waals surface area contributed by atoms with Crippen LogP contribution in [0.25, 0.3) is 0 Å². The molecule has 0 radical (unpaired) electrons. The second-order valence-electron chi connectivity index (χ2n) is 6.76. The molecule has 1 amide bonds. The third-order valence-corrected chi connectivity index (χ3v) is 6.49. The molecule has 1 fully saturated rings. The quantitative estimate of drug-likeness (QED) is 0.827. The monoisotopic (exact) mass is 387 g/mol. The highest BCUT2D eigenvalue weighted by molar-refractivity contribution is 7.89. The lowest BCUT2D eigenvalue weighted by molar-refractivity contribution is -0.116. The van der Waals surface area contributed by atoms with Gasteiger partial charge in [0.25, 0.3) is 0 Å². The number of halogens is 1. The number of hydrogen-bond acceptors (Lipinski definition) is 4. The number of piperidine rings is 1. The van der Waals surface area contributed by atoms with E-state index >= 15 is 0 Å². The number of aryl methyl sites for hydroxylation is 1. The van der Waals surface area contributed by atoms with E-state index in [1.807, 2.05) is 6.07 Å². The van der Waals surface area contributed by atoms with E-state index in [2.05, 4.69) is 17.0 Å². The Balaban J connectivity index is 0.00000225. The maximum Gasteiger partial charge on any atom is 0.240 e. The molecular weight excluding hydrogens is 362 g/mol. The number of benzene rings is 1. The summed E-state index contributed by atoms with van der Waals surface area (Å²) in [6, 6.07) is 5.01. The largest absolute Gasteiger partial charge is 0.315 e. The molecule has 2 aliphatic heterocycles. The molecule has 2 heterocycles. The van der Waals surface area contributed by atoms with Gasteiger partial charge in [-0.05, 0) is 49.4 Å². The van der Waals surface area contributed by atoms with Gasteiger partial charge in [-0.25, -0.2) is 13.1 Å². The fourth-order valence-corrected chi connectivity index (χ4v) is 4.83. The van der Waals surface area contributed by atoms with Gasteiger partial charge in [-0.2, -0.15) is 0 Å². The number of anilines is 1. The summed E-state index contributed by atoms with van der Waals surface area (Å²) in [5.41, 5.74) is 1.76. The van der Waals surface area contributed by atoms with Crippen molar-refractivity contribution < 1.29 is 13.2 Å². The Hall–Kier alpha value is -1.15. The predicted octanol–water partition coefficient (Wildman–Crippen LogP) is 1.68. The predicted molar refractivity (Wildman–Crippen MR) is 101 cm³/mol. The van der Waals surface area contributed by atoms with Crippen LogP contribution in [0.2, 0.25) is 0 Å². The van der Waals surface area contributed by atoms with Crippen molar-refractivity contribution in [2.24, 2.45) is 5.92 Å². The highest BCUT2D eigenvalue weighted by Gasteiger charge is 2.28. The molecular formula is C17H26ClN3O3S. The summed E-state index contributed by atoms with van der Waals surface area (Å²) in [7, 11) is -3.60. The molecule has 25 heavy (non-hydrogen) atoms. The van der Waals surface area contributed by atoms with Gasteiger partial charge in [0, 0.05) is 31.7 Å². The molecule has 1 aromatic rings. The number of nitrogens with one attached hydrogen (secondary N) is 2. The van der Waals surface area contributed by atoms with E-state index < -0.39 is 10.0 Å². The highest BCUT2D eigenvalue weighted by atomic mass is 35.5. The van der Waals surface area contributed by atoms with E-state index in [4.69, 9.17) is 0 Å². The third kappa shape index (κ3) is 4.34. The summed E-state index contributed by atoms with van der Waals surface area (Å²) in [4.78, 5) is 13.7. The van der Waals surface area contributed by atoms with E-state index in [-0.39, 0.29) is 29.3 Å².